The van der Waals surface area contributed by atoms with Gasteiger partial charge in [-0.3, -0.25) is 0 Å². The van der Waals surface area contributed by atoms with E-state index in [1.807, 2.05) is 13.4 Å². The van der Waals surface area contributed by atoms with Gasteiger partial charge in [0.2, 0.25) is 0 Å². The Kier molecular flexibility index (Phi) is 5.15. The monoisotopic (exact) mass is 280 g/mol. The van der Waals surface area contributed by atoms with E-state index >= 15 is 0 Å². The molecule has 0 saturated carbocycles. The van der Waals surface area contributed by atoms with Crippen LogP contribution in [0.3, 0.4) is 0 Å². The van der Waals surface area contributed by atoms with Gasteiger partial charge in [0.25, 0.3) is 0 Å². The first-order chi connectivity index (χ1) is 10.1. The second-order valence-corrected chi connectivity index (χ2v) is 5.54. The highest BCUT2D eigenvalue weighted by atomic mass is 15.1. The molecule has 0 aliphatic heterocycles. The average molecular weight is 280 g/mol. The van der Waals surface area contributed by atoms with Gasteiger partial charge in [-0.05, 0) is 61.6 Å². The summed E-state index contributed by atoms with van der Waals surface area (Å²) in [6, 6.07) is 15.0. The van der Waals surface area contributed by atoms with Gasteiger partial charge in [-0.2, -0.15) is 0 Å². The molecular formula is C19H24N2. The molecule has 110 valence electrons. The molecule has 2 nitrogen and oxygen atoms in total. The second kappa shape index (κ2) is 7.07. The Hall–Kier alpha value is -2.09. The number of hydrogen-bond acceptors (Lipinski definition) is 1. The Labute approximate surface area is 128 Å². The van der Waals surface area contributed by atoms with Crippen LogP contribution in [-0.2, 0) is 6.42 Å². The Bertz CT molecular complexity index is 592. The maximum absolute atomic E-state index is 4.55. The van der Waals surface area contributed by atoms with Gasteiger partial charge < -0.3 is 4.90 Å². The summed E-state index contributed by atoms with van der Waals surface area (Å²) < 4.78 is 0. The molecule has 0 saturated heterocycles. The predicted octanol–water partition coefficient (Wildman–Crippen LogP) is 4.51. The zero-order valence-electron chi connectivity index (χ0n) is 13.4. The molecule has 0 fully saturated rings. The van der Waals surface area contributed by atoms with Gasteiger partial charge in [0.05, 0.1) is 12.0 Å². The van der Waals surface area contributed by atoms with Crippen LogP contribution in [-0.4, -0.2) is 24.8 Å². The molecule has 2 aromatic carbocycles. The van der Waals surface area contributed by atoms with Crippen molar-refractivity contribution in [1.29, 1.82) is 0 Å². The lowest BCUT2D eigenvalue weighted by Crippen LogP contribution is -2.14. The Morgan fingerprint density at radius 2 is 1.67 bits per heavy atom. The molecule has 2 heteroatoms. The van der Waals surface area contributed by atoms with Crippen molar-refractivity contribution in [2.45, 2.75) is 27.2 Å². The summed E-state index contributed by atoms with van der Waals surface area (Å²) in [7, 11) is 2.03. The van der Waals surface area contributed by atoms with Gasteiger partial charge in [0.1, 0.15) is 0 Å². The maximum atomic E-state index is 4.55. The number of hydrogen-bond donors (Lipinski definition) is 0. The lowest BCUT2D eigenvalue weighted by molar-refractivity contribution is 0.552. The molecule has 0 aliphatic rings. The van der Waals surface area contributed by atoms with Crippen molar-refractivity contribution in [3.63, 3.8) is 0 Å². The van der Waals surface area contributed by atoms with E-state index in [9.17, 15) is 0 Å². The SMILES string of the molecule is CCN(C)C=Nc1cc(C)c(Cc2ccccc2)c(C)c1. The third kappa shape index (κ3) is 4.19. The molecule has 0 amide bonds. The van der Waals surface area contributed by atoms with Crippen LogP contribution in [0.25, 0.3) is 0 Å². The van der Waals surface area contributed by atoms with E-state index < -0.39 is 0 Å². The molecule has 0 radical (unpaired) electrons. The Balaban J connectivity index is 2.23. The third-order valence-corrected chi connectivity index (χ3v) is 3.81. The molecule has 2 aromatic rings. The largest absolute Gasteiger partial charge is 0.366 e. The minimum absolute atomic E-state index is 0.966. The Morgan fingerprint density at radius 1 is 1.05 bits per heavy atom. The van der Waals surface area contributed by atoms with Crippen LogP contribution in [0, 0.1) is 13.8 Å². The van der Waals surface area contributed by atoms with E-state index in [1.165, 1.54) is 22.3 Å². The highest BCUT2D eigenvalue weighted by Crippen LogP contribution is 2.24. The van der Waals surface area contributed by atoms with Crippen molar-refractivity contribution in [3.8, 4) is 0 Å². The summed E-state index contributed by atoms with van der Waals surface area (Å²) in [5, 5.41) is 0. The molecule has 21 heavy (non-hydrogen) atoms. The van der Waals surface area contributed by atoms with Crippen LogP contribution in [0.5, 0.6) is 0 Å². The number of nitrogens with zero attached hydrogens (tertiary/aromatic N) is 2. The van der Waals surface area contributed by atoms with E-state index in [-0.39, 0.29) is 0 Å². The smallest absolute Gasteiger partial charge is 0.0909 e. The normalized spacial score (nSPS) is 11.0. The lowest BCUT2D eigenvalue weighted by atomic mass is 9.95. The summed E-state index contributed by atoms with van der Waals surface area (Å²) in [6.07, 6.45) is 2.88. The average Bonchev–Trinajstić information content (AvgIpc) is 2.49. The molecule has 0 N–H and O–H groups in total. The van der Waals surface area contributed by atoms with Gasteiger partial charge in [0, 0.05) is 13.6 Å². The molecule has 0 bridgehead atoms. The van der Waals surface area contributed by atoms with Crippen molar-refractivity contribution in [2.75, 3.05) is 13.6 Å². The van der Waals surface area contributed by atoms with E-state index in [4.69, 9.17) is 0 Å². The van der Waals surface area contributed by atoms with E-state index in [0.717, 1.165) is 18.7 Å². The van der Waals surface area contributed by atoms with Gasteiger partial charge in [-0.1, -0.05) is 30.3 Å². The first-order valence-corrected chi connectivity index (χ1v) is 7.48. The van der Waals surface area contributed by atoms with Crippen molar-refractivity contribution in [2.24, 2.45) is 4.99 Å². The second-order valence-electron chi connectivity index (χ2n) is 5.54. The fourth-order valence-corrected chi connectivity index (χ4v) is 2.37. The zero-order valence-corrected chi connectivity index (χ0v) is 13.4. The minimum Gasteiger partial charge on any atom is -0.366 e. The van der Waals surface area contributed by atoms with Crippen LogP contribution in [0.15, 0.2) is 47.5 Å². The number of benzene rings is 2. The predicted molar refractivity (Wildman–Crippen MR) is 91.6 cm³/mol. The van der Waals surface area contributed by atoms with E-state index in [2.05, 4.69) is 73.1 Å². The van der Waals surface area contributed by atoms with Crippen molar-refractivity contribution < 1.29 is 0 Å². The Morgan fingerprint density at radius 3 is 2.24 bits per heavy atom. The van der Waals surface area contributed by atoms with Crippen molar-refractivity contribution in [3.05, 3.63) is 64.7 Å². The quantitative estimate of drug-likeness (QED) is 0.581. The van der Waals surface area contributed by atoms with Gasteiger partial charge in [-0.15, -0.1) is 0 Å². The minimum atomic E-state index is 0.966. The molecule has 0 unspecified atom stereocenters. The summed E-state index contributed by atoms with van der Waals surface area (Å²) in [4.78, 5) is 6.62. The molecule has 0 atom stereocenters. The van der Waals surface area contributed by atoms with Crippen LogP contribution >= 0.6 is 0 Å². The van der Waals surface area contributed by atoms with Crippen LogP contribution in [0.1, 0.15) is 29.2 Å². The summed E-state index contributed by atoms with van der Waals surface area (Å²) >= 11 is 0. The highest BCUT2D eigenvalue weighted by Gasteiger charge is 2.06. The lowest BCUT2D eigenvalue weighted by Gasteiger charge is -2.12. The van der Waals surface area contributed by atoms with E-state index in [1.54, 1.807) is 0 Å². The van der Waals surface area contributed by atoms with Gasteiger partial charge in [0.15, 0.2) is 0 Å². The standard InChI is InChI=1S/C19H24N2/c1-5-21(4)14-20-18-11-15(2)19(16(3)12-18)13-17-9-7-6-8-10-17/h6-12,14H,5,13H2,1-4H3. The zero-order chi connectivity index (χ0) is 15.2. The van der Waals surface area contributed by atoms with Crippen molar-refractivity contribution in [1.82, 2.24) is 4.90 Å². The summed E-state index contributed by atoms with van der Waals surface area (Å²) in [5.74, 6) is 0. The number of aryl methyl sites for hydroxylation is 2. The highest BCUT2D eigenvalue weighted by molar-refractivity contribution is 5.62. The van der Waals surface area contributed by atoms with E-state index in [0.29, 0.717) is 0 Å². The number of rotatable bonds is 5. The molecule has 0 heterocycles. The molecule has 2 rings (SSSR count). The topological polar surface area (TPSA) is 15.6 Å². The van der Waals surface area contributed by atoms with Crippen LogP contribution in [0.4, 0.5) is 5.69 Å². The molecule has 0 spiro atoms. The fourth-order valence-electron chi connectivity index (χ4n) is 2.37. The van der Waals surface area contributed by atoms with Gasteiger partial charge >= 0.3 is 0 Å². The molecule has 0 aliphatic carbocycles. The maximum Gasteiger partial charge on any atom is 0.0909 e. The van der Waals surface area contributed by atoms with Crippen LogP contribution < -0.4 is 0 Å². The fraction of sp³-hybridized carbons (Fsp3) is 0.316. The van der Waals surface area contributed by atoms with Crippen molar-refractivity contribution >= 4 is 12.0 Å². The molecular weight excluding hydrogens is 256 g/mol. The number of aliphatic imine (C=N–C) groups is 1. The molecule has 0 aromatic heterocycles. The summed E-state index contributed by atoms with van der Waals surface area (Å²) in [6.45, 7) is 7.43. The summed E-state index contributed by atoms with van der Waals surface area (Å²) in [5.41, 5.74) is 6.41. The first-order valence-electron chi connectivity index (χ1n) is 7.48. The first kappa shape index (κ1) is 15.3. The third-order valence-electron chi connectivity index (χ3n) is 3.81. The van der Waals surface area contributed by atoms with Crippen LogP contribution in [0.2, 0.25) is 0 Å². The van der Waals surface area contributed by atoms with Gasteiger partial charge in [-0.25, -0.2) is 4.99 Å².